The molecule has 7 heteroatoms. The number of benzene rings is 9. The second-order valence-corrected chi connectivity index (χ2v) is 16.7. The molecule has 0 fully saturated rings. The molecule has 7 nitrogen and oxygen atoms in total. The molecular weight excluding hydrogens is 831 g/mol. The van der Waals surface area contributed by atoms with Gasteiger partial charge in [-0.1, -0.05) is 133 Å². The van der Waals surface area contributed by atoms with Gasteiger partial charge in [0.1, 0.15) is 11.6 Å². The number of nitrogens with zero attached hydrogens (tertiary/aromatic N) is 7. The van der Waals surface area contributed by atoms with Gasteiger partial charge in [0.15, 0.2) is 5.82 Å². The summed E-state index contributed by atoms with van der Waals surface area (Å²) in [6.45, 7) is 0. The Labute approximate surface area is 391 Å². The maximum Gasteiger partial charge on any atom is 0.160 e. The van der Waals surface area contributed by atoms with Crippen molar-refractivity contribution in [2.24, 2.45) is 0 Å². The van der Waals surface area contributed by atoms with Crippen molar-refractivity contribution in [1.29, 1.82) is 15.8 Å². The van der Waals surface area contributed by atoms with E-state index < -0.39 is 0 Å². The molecule has 0 N–H and O–H groups in total. The summed E-state index contributed by atoms with van der Waals surface area (Å²) in [6, 6.07) is 78.4. The van der Waals surface area contributed by atoms with Crippen LogP contribution in [0, 0.1) is 34.0 Å². The Kier molecular flexibility index (Phi) is 9.51. The lowest BCUT2D eigenvalue weighted by Gasteiger charge is -2.18. The first-order valence-electron chi connectivity index (χ1n) is 22.2. The molecule has 12 aromatic rings. The lowest BCUT2D eigenvalue weighted by molar-refractivity contribution is 1.11. The van der Waals surface area contributed by atoms with Crippen LogP contribution in [0.4, 0.5) is 0 Å². The molecule has 3 aromatic heterocycles. The van der Waals surface area contributed by atoms with Gasteiger partial charge >= 0.3 is 0 Å². The molecule has 0 saturated heterocycles. The molecule has 0 aliphatic heterocycles. The van der Waals surface area contributed by atoms with Gasteiger partial charge in [-0.2, -0.15) is 15.8 Å². The molecule has 0 aliphatic rings. The zero-order valence-corrected chi connectivity index (χ0v) is 36.3. The van der Waals surface area contributed by atoms with Crippen LogP contribution in [0.15, 0.2) is 212 Å². The van der Waals surface area contributed by atoms with Crippen molar-refractivity contribution in [3.05, 3.63) is 229 Å². The lowest BCUT2D eigenvalue weighted by atomic mass is 10.0. The fraction of sp³-hybridized carbons (Fsp3) is 0. The first-order valence-corrected chi connectivity index (χ1v) is 22.2. The molecule has 68 heavy (non-hydrogen) atoms. The van der Waals surface area contributed by atoms with Crippen LogP contribution in [-0.4, -0.2) is 19.1 Å². The van der Waals surface area contributed by atoms with Gasteiger partial charge < -0.3 is 9.13 Å². The van der Waals surface area contributed by atoms with Crippen LogP contribution in [0.3, 0.4) is 0 Å². The molecule has 3 heterocycles. The highest BCUT2D eigenvalue weighted by Gasteiger charge is 2.24. The largest absolute Gasteiger partial charge is 0.308 e. The summed E-state index contributed by atoms with van der Waals surface area (Å²) in [5.41, 5.74) is 14.8. The third-order valence-electron chi connectivity index (χ3n) is 12.8. The van der Waals surface area contributed by atoms with Crippen molar-refractivity contribution < 1.29 is 0 Å². The van der Waals surface area contributed by atoms with E-state index in [1.807, 2.05) is 115 Å². The molecule has 0 aliphatic carbocycles. The van der Waals surface area contributed by atoms with E-state index in [-0.39, 0.29) is 0 Å². The number of nitriles is 3. The highest BCUT2D eigenvalue weighted by molar-refractivity contribution is 6.12. The average Bonchev–Trinajstić information content (AvgIpc) is 3.93. The molecule has 9 aromatic carbocycles. The van der Waals surface area contributed by atoms with E-state index in [1.165, 1.54) is 0 Å². The third-order valence-corrected chi connectivity index (χ3v) is 12.8. The smallest absolute Gasteiger partial charge is 0.160 e. The maximum atomic E-state index is 11.7. The van der Waals surface area contributed by atoms with Crippen molar-refractivity contribution in [3.63, 3.8) is 0 Å². The summed E-state index contributed by atoms with van der Waals surface area (Å²) in [5.74, 6) is 0.512. The van der Waals surface area contributed by atoms with Crippen molar-refractivity contribution in [2.75, 3.05) is 0 Å². The molecule has 12 rings (SSSR count). The number of para-hydroxylation sites is 2. The minimum absolute atomic E-state index is 0.471. The molecule has 0 saturated carbocycles. The van der Waals surface area contributed by atoms with Gasteiger partial charge in [0.05, 0.1) is 68.1 Å². The predicted octanol–water partition coefficient (Wildman–Crippen LogP) is 14.6. The summed E-state index contributed by atoms with van der Waals surface area (Å²) in [6.07, 6.45) is 0. The van der Waals surface area contributed by atoms with Crippen LogP contribution >= 0.6 is 0 Å². The highest BCUT2D eigenvalue weighted by Crippen LogP contribution is 2.42. The molecule has 314 valence electrons. The summed E-state index contributed by atoms with van der Waals surface area (Å²) in [4.78, 5) is 10.6. The van der Waals surface area contributed by atoms with Gasteiger partial charge in [-0.15, -0.1) is 0 Å². The monoisotopic (exact) mass is 865 g/mol. The first kappa shape index (κ1) is 39.7. The third kappa shape index (κ3) is 6.65. The number of hydrogen-bond donors (Lipinski definition) is 0. The minimum atomic E-state index is 0.471. The summed E-state index contributed by atoms with van der Waals surface area (Å²) in [5, 5.41) is 35.2. The van der Waals surface area contributed by atoms with E-state index in [0.717, 1.165) is 93.9 Å². The van der Waals surface area contributed by atoms with Crippen LogP contribution in [-0.2, 0) is 0 Å². The van der Waals surface area contributed by atoms with Crippen LogP contribution in [0.2, 0.25) is 0 Å². The fourth-order valence-corrected chi connectivity index (χ4v) is 9.66. The Morgan fingerprint density at radius 2 is 0.721 bits per heavy atom. The van der Waals surface area contributed by atoms with Crippen molar-refractivity contribution in [1.82, 2.24) is 19.1 Å². The molecular formula is C61H35N7. The van der Waals surface area contributed by atoms with E-state index in [0.29, 0.717) is 33.9 Å². The Morgan fingerprint density at radius 1 is 0.309 bits per heavy atom. The minimum Gasteiger partial charge on any atom is -0.308 e. The van der Waals surface area contributed by atoms with Gasteiger partial charge in [-0.3, -0.25) is 0 Å². The number of aromatic nitrogens is 4. The quantitative estimate of drug-likeness (QED) is 0.159. The van der Waals surface area contributed by atoms with Crippen molar-refractivity contribution >= 4 is 43.6 Å². The number of fused-ring (bicyclic) bond motifs is 6. The predicted molar refractivity (Wildman–Crippen MR) is 272 cm³/mol. The lowest BCUT2D eigenvalue weighted by Crippen LogP contribution is -2.06. The summed E-state index contributed by atoms with van der Waals surface area (Å²) >= 11 is 0. The Bertz CT molecular complexity index is 3870. The SMILES string of the molecule is N#Cc1cccc(-c2ccc3c(c2)c2ccccc2n3-c2cc(-c3nc(-c4ccccc4)cc(-c4ccccc4)n3)cc(-n3c4ccccc4c4cc(-c5cccc(C#N)c5)ccc43)c2C#N)c1. The number of hydrogen-bond acceptors (Lipinski definition) is 5. The second-order valence-electron chi connectivity index (χ2n) is 16.7. The Hall–Kier alpha value is -9.87. The van der Waals surface area contributed by atoms with E-state index in [1.54, 1.807) is 0 Å². The normalized spacial score (nSPS) is 11.2. The van der Waals surface area contributed by atoms with Gasteiger partial charge in [-0.25, -0.2) is 9.97 Å². The number of rotatable bonds is 7. The van der Waals surface area contributed by atoms with Gasteiger partial charge in [0, 0.05) is 38.2 Å². The fourth-order valence-electron chi connectivity index (χ4n) is 9.66. The van der Waals surface area contributed by atoms with Gasteiger partial charge in [0.2, 0.25) is 0 Å². The van der Waals surface area contributed by atoms with Gasteiger partial charge in [-0.05, 0) is 101 Å². The van der Waals surface area contributed by atoms with E-state index in [4.69, 9.17) is 9.97 Å². The second kappa shape index (κ2) is 16.3. The average molecular weight is 866 g/mol. The summed E-state index contributed by atoms with van der Waals surface area (Å²) in [7, 11) is 0. The van der Waals surface area contributed by atoms with Crippen molar-refractivity contribution in [2.45, 2.75) is 0 Å². The molecule has 0 amide bonds. The Morgan fingerprint density at radius 3 is 1.18 bits per heavy atom. The molecule has 0 atom stereocenters. The van der Waals surface area contributed by atoms with Crippen LogP contribution in [0.25, 0.3) is 111 Å². The zero-order chi connectivity index (χ0) is 45.7. The molecule has 0 spiro atoms. The molecule has 0 bridgehead atoms. The molecule has 0 radical (unpaired) electrons. The van der Waals surface area contributed by atoms with E-state index in [9.17, 15) is 15.8 Å². The highest BCUT2D eigenvalue weighted by atomic mass is 15.0. The standard InChI is InChI=1S/C61H35N7/c62-36-39-13-11-19-43(29-39)45-25-27-57-50(31-45)48-21-7-9-23-55(48)67(57)59-33-47(61-65-53(41-15-3-1-4-16-41)35-54(66-61)42-17-5-2-6-18-42)34-60(52(59)38-64)68-56-24-10-8-22-49(56)51-32-46(26-28-58(51)68)44-20-12-14-40(30-44)37-63/h1-35H. The Balaban J connectivity index is 1.18. The maximum absolute atomic E-state index is 11.7. The van der Waals surface area contributed by atoms with Crippen molar-refractivity contribution in [3.8, 4) is 85.7 Å². The topological polar surface area (TPSA) is 107 Å². The van der Waals surface area contributed by atoms with Crippen LogP contribution in [0.5, 0.6) is 0 Å². The molecule has 0 unspecified atom stereocenters. The van der Waals surface area contributed by atoms with Crippen LogP contribution < -0.4 is 0 Å². The first-order chi connectivity index (χ1) is 33.6. The van der Waals surface area contributed by atoms with Gasteiger partial charge in [0.25, 0.3) is 0 Å². The summed E-state index contributed by atoms with van der Waals surface area (Å²) < 4.78 is 4.39. The zero-order valence-electron chi connectivity index (χ0n) is 36.3. The van der Waals surface area contributed by atoms with Crippen LogP contribution in [0.1, 0.15) is 16.7 Å². The van der Waals surface area contributed by atoms with E-state index >= 15 is 0 Å². The van der Waals surface area contributed by atoms with E-state index in [2.05, 4.69) is 124 Å².